The third-order valence-corrected chi connectivity index (χ3v) is 3.00. The molecule has 0 saturated heterocycles. The minimum atomic E-state index is 1.24. The van der Waals surface area contributed by atoms with Crippen molar-refractivity contribution in [2.24, 2.45) is 0 Å². The molecule has 0 unspecified atom stereocenters. The molecule has 0 aromatic rings. The Labute approximate surface area is 109 Å². The van der Waals surface area contributed by atoms with E-state index in [-0.39, 0.29) is 0 Å². The Hall–Kier alpha value is -0.520. The molecule has 0 aliphatic heterocycles. The Morgan fingerprint density at radius 3 is 1.59 bits per heavy atom. The fourth-order valence-electron chi connectivity index (χ4n) is 1.86. The van der Waals surface area contributed by atoms with Crippen molar-refractivity contribution in [2.75, 3.05) is 0 Å². The average molecular weight is 236 g/mol. The molecule has 100 valence electrons. The third-order valence-electron chi connectivity index (χ3n) is 3.00. The predicted molar refractivity (Wildman–Crippen MR) is 80.4 cm³/mol. The standard InChI is InChI=1S/C17H32/c1-3-5-7-9-11-13-15-17-16-14-12-10-8-6-4-2/h7,9,16-17H,3-6,8,10-15H2,1-2H3. The molecule has 0 nitrogen and oxygen atoms in total. The predicted octanol–water partition coefficient (Wildman–Crippen LogP) is 6.43. The fourth-order valence-corrected chi connectivity index (χ4v) is 1.86. The van der Waals surface area contributed by atoms with E-state index >= 15 is 0 Å². The van der Waals surface area contributed by atoms with Crippen LogP contribution >= 0.6 is 0 Å². The highest BCUT2D eigenvalue weighted by Crippen LogP contribution is 2.06. The van der Waals surface area contributed by atoms with Crippen LogP contribution in [0.3, 0.4) is 0 Å². The van der Waals surface area contributed by atoms with Crippen molar-refractivity contribution in [3.05, 3.63) is 24.3 Å². The average Bonchev–Trinajstić information content (AvgIpc) is 2.35. The maximum Gasteiger partial charge on any atom is -0.0348 e. The van der Waals surface area contributed by atoms with Crippen molar-refractivity contribution < 1.29 is 0 Å². The highest BCUT2D eigenvalue weighted by molar-refractivity contribution is 4.85. The number of hydrogen-bond acceptors (Lipinski definition) is 0. The number of unbranched alkanes of at least 4 members (excludes halogenated alkanes) is 8. The molecule has 0 amide bonds. The molecule has 0 heterocycles. The second-order valence-electron chi connectivity index (χ2n) is 4.87. The van der Waals surface area contributed by atoms with E-state index in [1.165, 1.54) is 70.6 Å². The Morgan fingerprint density at radius 2 is 1.00 bits per heavy atom. The second-order valence-corrected chi connectivity index (χ2v) is 4.87. The molecule has 0 spiro atoms. The van der Waals surface area contributed by atoms with Gasteiger partial charge in [-0.3, -0.25) is 0 Å². The van der Waals surface area contributed by atoms with E-state index in [1.807, 2.05) is 0 Å². The lowest BCUT2D eigenvalue weighted by atomic mass is 10.1. The molecule has 0 atom stereocenters. The summed E-state index contributed by atoms with van der Waals surface area (Å²) < 4.78 is 0. The molecule has 0 saturated carbocycles. The highest BCUT2D eigenvalue weighted by Gasteiger charge is 1.86. The summed E-state index contributed by atoms with van der Waals surface area (Å²) in [6, 6.07) is 0. The summed E-state index contributed by atoms with van der Waals surface area (Å²) in [5, 5.41) is 0. The maximum atomic E-state index is 2.38. The Bertz CT molecular complexity index is 176. The largest absolute Gasteiger partial charge is 0.0885 e. The first kappa shape index (κ1) is 16.5. The van der Waals surface area contributed by atoms with E-state index in [2.05, 4.69) is 38.2 Å². The van der Waals surface area contributed by atoms with Crippen molar-refractivity contribution in [1.82, 2.24) is 0 Å². The van der Waals surface area contributed by atoms with E-state index in [0.29, 0.717) is 0 Å². The lowest BCUT2D eigenvalue weighted by Crippen LogP contribution is -1.76. The minimum Gasteiger partial charge on any atom is -0.0885 e. The van der Waals surface area contributed by atoms with Gasteiger partial charge in [0.25, 0.3) is 0 Å². The van der Waals surface area contributed by atoms with Crippen LogP contribution in [0.2, 0.25) is 0 Å². The van der Waals surface area contributed by atoms with E-state index in [0.717, 1.165) is 0 Å². The quantitative estimate of drug-likeness (QED) is 0.270. The van der Waals surface area contributed by atoms with E-state index < -0.39 is 0 Å². The van der Waals surface area contributed by atoms with Crippen LogP contribution in [0.15, 0.2) is 24.3 Å². The first-order chi connectivity index (χ1) is 8.41. The molecule has 0 aliphatic carbocycles. The molecular formula is C17H32. The van der Waals surface area contributed by atoms with Crippen LogP contribution in [0.5, 0.6) is 0 Å². The van der Waals surface area contributed by atoms with Crippen molar-refractivity contribution in [3.8, 4) is 0 Å². The van der Waals surface area contributed by atoms with Crippen LogP contribution in [0.25, 0.3) is 0 Å². The molecule has 0 bridgehead atoms. The molecule has 0 aliphatic rings. The van der Waals surface area contributed by atoms with Crippen molar-refractivity contribution in [2.45, 2.75) is 84.5 Å². The first-order valence-electron chi connectivity index (χ1n) is 7.71. The number of allylic oxidation sites excluding steroid dienone is 4. The van der Waals surface area contributed by atoms with Crippen molar-refractivity contribution >= 4 is 0 Å². The second kappa shape index (κ2) is 15.5. The van der Waals surface area contributed by atoms with Crippen molar-refractivity contribution in [1.29, 1.82) is 0 Å². The van der Waals surface area contributed by atoms with Gasteiger partial charge in [-0.05, 0) is 38.5 Å². The molecule has 0 fully saturated rings. The van der Waals surface area contributed by atoms with Gasteiger partial charge in [-0.1, -0.05) is 70.3 Å². The van der Waals surface area contributed by atoms with Gasteiger partial charge in [-0.2, -0.15) is 0 Å². The van der Waals surface area contributed by atoms with Gasteiger partial charge in [0.2, 0.25) is 0 Å². The van der Waals surface area contributed by atoms with E-state index in [9.17, 15) is 0 Å². The fraction of sp³-hybridized carbons (Fsp3) is 0.765. The van der Waals surface area contributed by atoms with Gasteiger partial charge in [-0.25, -0.2) is 0 Å². The van der Waals surface area contributed by atoms with Gasteiger partial charge in [-0.15, -0.1) is 0 Å². The molecular weight excluding hydrogens is 204 g/mol. The number of rotatable bonds is 12. The summed E-state index contributed by atoms with van der Waals surface area (Å²) in [6.45, 7) is 4.50. The Kier molecular flexibility index (Phi) is 15.0. The van der Waals surface area contributed by atoms with Gasteiger partial charge >= 0.3 is 0 Å². The SMILES string of the molecule is CCCC=CCCCC=CCCCCCCC. The summed E-state index contributed by atoms with van der Waals surface area (Å²) >= 11 is 0. The lowest BCUT2D eigenvalue weighted by Gasteiger charge is -1.96. The van der Waals surface area contributed by atoms with Crippen LogP contribution in [0, 0.1) is 0 Å². The Morgan fingerprint density at radius 1 is 0.471 bits per heavy atom. The van der Waals surface area contributed by atoms with Crippen molar-refractivity contribution in [3.63, 3.8) is 0 Å². The summed E-state index contributed by atoms with van der Waals surface area (Å²) in [6.07, 6.45) is 24.0. The zero-order valence-electron chi connectivity index (χ0n) is 12.1. The zero-order valence-corrected chi connectivity index (χ0v) is 12.1. The topological polar surface area (TPSA) is 0 Å². The van der Waals surface area contributed by atoms with Gasteiger partial charge in [0.1, 0.15) is 0 Å². The highest BCUT2D eigenvalue weighted by atomic mass is 13.9. The molecule has 0 radical (unpaired) electrons. The normalized spacial score (nSPS) is 11.9. The first-order valence-corrected chi connectivity index (χ1v) is 7.71. The van der Waals surface area contributed by atoms with Gasteiger partial charge in [0, 0.05) is 0 Å². The summed E-state index contributed by atoms with van der Waals surface area (Å²) in [4.78, 5) is 0. The van der Waals surface area contributed by atoms with E-state index in [4.69, 9.17) is 0 Å². The van der Waals surface area contributed by atoms with Gasteiger partial charge in [0.15, 0.2) is 0 Å². The molecule has 0 rings (SSSR count). The summed E-state index contributed by atoms with van der Waals surface area (Å²) in [5.74, 6) is 0. The molecule has 17 heavy (non-hydrogen) atoms. The Balaban J connectivity index is 3.09. The molecule has 0 heteroatoms. The van der Waals surface area contributed by atoms with Crippen LogP contribution < -0.4 is 0 Å². The smallest absolute Gasteiger partial charge is 0.0348 e. The van der Waals surface area contributed by atoms with Crippen LogP contribution in [-0.2, 0) is 0 Å². The molecule has 0 N–H and O–H groups in total. The maximum absolute atomic E-state index is 2.38. The minimum absolute atomic E-state index is 1.24. The van der Waals surface area contributed by atoms with Crippen LogP contribution in [-0.4, -0.2) is 0 Å². The van der Waals surface area contributed by atoms with Gasteiger partial charge in [0.05, 0.1) is 0 Å². The monoisotopic (exact) mass is 236 g/mol. The summed E-state index contributed by atoms with van der Waals surface area (Å²) in [7, 11) is 0. The molecule has 0 aromatic heterocycles. The lowest BCUT2D eigenvalue weighted by molar-refractivity contribution is 0.637. The summed E-state index contributed by atoms with van der Waals surface area (Å²) in [5.41, 5.74) is 0. The van der Waals surface area contributed by atoms with E-state index in [1.54, 1.807) is 0 Å². The zero-order chi connectivity index (χ0) is 12.6. The van der Waals surface area contributed by atoms with Crippen LogP contribution in [0.1, 0.15) is 84.5 Å². The van der Waals surface area contributed by atoms with Gasteiger partial charge < -0.3 is 0 Å². The number of hydrogen-bond donors (Lipinski definition) is 0. The molecule has 0 aromatic carbocycles. The third kappa shape index (κ3) is 15.5. The van der Waals surface area contributed by atoms with Crippen LogP contribution in [0.4, 0.5) is 0 Å².